The summed E-state index contributed by atoms with van der Waals surface area (Å²) in [5.41, 5.74) is 2.12. The molecule has 0 fully saturated rings. The maximum Gasteiger partial charge on any atom is 0.279 e. The van der Waals surface area contributed by atoms with Crippen molar-refractivity contribution in [3.8, 4) is 5.75 Å². The van der Waals surface area contributed by atoms with Crippen LogP contribution in [0.4, 0.5) is 0 Å². The van der Waals surface area contributed by atoms with Crippen molar-refractivity contribution in [3.63, 3.8) is 0 Å². The van der Waals surface area contributed by atoms with Crippen molar-refractivity contribution >= 4 is 38.9 Å². The third kappa shape index (κ3) is 3.90. The molecule has 154 valence electrons. The van der Waals surface area contributed by atoms with Gasteiger partial charge in [0, 0.05) is 22.0 Å². The van der Waals surface area contributed by atoms with Crippen molar-refractivity contribution in [2.24, 2.45) is 5.10 Å². The van der Waals surface area contributed by atoms with Crippen LogP contribution in [0.1, 0.15) is 23.6 Å². The number of hydrazone groups is 1. The highest BCUT2D eigenvalue weighted by Gasteiger charge is 2.38. The zero-order valence-corrected chi connectivity index (χ0v) is 18.3. The van der Waals surface area contributed by atoms with Crippen LogP contribution in [-0.4, -0.2) is 25.7 Å². The van der Waals surface area contributed by atoms with E-state index in [-0.39, 0.29) is 4.90 Å². The molecule has 5 nitrogen and oxygen atoms in total. The van der Waals surface area contributed by atoms with Crippen LogP contribution in [0.2, 0.25) is 10.0 Å². The van der Waals surface area contributed by atoms with Gasteiger partial charge in [-0.25, -0.2) is 0 Å². The topological polar surface area (TPSA) is 59.0 Å². The molecule has 0 saturated carbocycles. The second-order valence-corrected chi connectivity index (χ2v) is 9.39. The summed E-state index contributed by atoms with van der Waals surface area (Å²) < 4.78 is 33.3. The Morgan fingerprint density at radius 1 is 1.00 bits per heavy atom. The van der Waals surface area contributed by atoms with Crippen molar-refractivity contribution in [3.05, 3.63) is 94.0 Å². The summed E-state index contributed by atoms with van der Waals surface area (Å²) in [4.78, 5) is 0.111. The Labute approximate surface area is 185 Å². The lowest BCUT2D eigenvalue weighted by molar-refractivity contribution is 0.371. The van der Waals surface area contributed by atoms with E-state index in [1.54, 1.807) is 25.3 Å². The Bertz CT molecular complexity index is 1210. The number of nitrogens with zero attached hydrogens (tertiary/aromatic N) is 2. The number of rotatable bonds is 5. The SMILES string of the molecule is COc1cccc(C2=NN(S(=O)(=O)c3ccc(Cl)cc3)C(c3ccccc3Cl)C2)c1. The van der Waals surface area contributed by atoms with Gasteiger partial charge in [-0.1, -0.05) is 53.5 Å². The molecule has 1 aliphatic rings. The van der Waals surface area contributed by atoms with Crippen LogP contribution in [0, 0.1) is 0 Å². The smallest absolute Gasteiger partial charge is 0.279 e. The second-order valence-electron chi connectivity index (χ2n) is 6.75. The molecule has 0 aliphatic carbocycles. The summed E-state index contributed by atoms with van der Waals surface area (Å²) in [6.07, 6.45) is 0.379. The molecule has 3 aromatic carbocycles. The molecule has 0 radical (unpaired) electrons. The molecule has 0 N–H and O–H groups in total. The first kappa shape index (κ1) is 20.7. The van der Waals surface area contributed by atoms with Gasteiger partial charge in [-0.05, 0) is 48.0 Å². The van der Waals surface area contributed by atoms with Crippen molar-refractivity contribution in [2.75, 3.05) is 7.11 Å². The first-order valence-corrected chi connectivity index (χ1v) is 11.4. The number of sulfonamides is 1. The van der Waals surface area contributed by atoms with Gasteiger partial charge < -0.3 is 4.74 Å². The fourth-order valence-corrected chi connectivity index (χ4v) is 5.19. The van der Waals surface area contributed by atoms with Gasteiger partial charge in [0.15, 0.2) is 0 Å². The van der Waals surface area contributed by atoms with Crippen LogP contribution in [-0.2, 0) is 10.0 Å². The van der Waals surface area contributed by atoms with Crippen molar-refractivity contribution in [2.45, 2.75) is 17.4 Å². The molecule has 0 bridgehead atoms. The van der Waals surface area contributed by atoms with Crippen LogP contribution < -0.4 is 4.74 Å². The normalized spacial score (nSPS) is 16.4. The summed E-state index contributed by atoms with van der Waals surface area (Å²) >= 11 is 12.4. The molecule has 1 heterocycles. The fourth-order valence-electron chi connectivity index (χ4n) is 3.38. The Balaban J connectivity index is 1.82. The molecule has 8 heteroatoms. The molecule has 4 rings (SSSR count). The number of halogens is 2. The van der Waals surface area contributed by atoms with E-state index in [0.717, 1.165) is 9.98 Å². The number of ether oxygens (including phenoxy) is 1. The summed E-state index contributed by atoms with van der Waals surface area (Å²) in [5.74, 6) is 0.670. The molecule has 1 aliphatic heterocycles. The minimum atomic E-state index is -3.93. The predicted octanol–water partition coefficient (Wildman–Crippen LogP) is 5.54. The number of methoxy groups -OCH3 is 1. The van der Waals surface area contributed by atoms with Crippen LogP contribution in [0.15, 0.2) is 82.8 Å². The molecule has 30 heavy (non-hydrogen) atoms. The molecule has 1 atom stereocenters. The van der Waals surface area contributed by atoms with Gasteiger partial charge in [-0.15, -0.1) is 0 Å². The minimum absolute atomic E-state index is 0.111. The van der Waals surface area contributed by atoms with E-state index in [0.29, 0.717) is 33.5 Å². The van der Waals surface area contributed by atoms with Gasteiger partial charge in [-0.2, -0.15) is 17.9 Å². The largest absolute Gasteiger partial charge is 0.497 e. The van der Waals surface area contributed by atoms with Crippen LogP contribution in [0.3, 0.4) is 0 Å². The van der Waals surface area contributed by atoms with E-state index in [4.69, 9.17) is 27.9 Å². The molecule has 0 saturated heterocycles. The fraction of sp³-hybridized carbons (Fsp3) is 0.136. The van der Waals surface area contributed by atoms with Gasteiger partial charge >= 0.3 is 0 Å². The number of hydrogen-bond donors (Lipinski definition) is 0. The van der Waals surface area contributed by atoms with Crippen molar-refractivity contribution < 1.29 is 13.2 Å². The zero-order chi connectivity index (χ0) is 21.3. The Kier molecular flexibility index (Phi) is 5.73. The molecule has 3 aromatic rings. The first-order valence-electron chi connectivity index (χ1n) is 9.16. The van der Waals surface area contributed by atoms with E-state index in [1.165, 1.54) is 12.1 Å². The summed E-state index contributed by atoms with van der Waals surface area (Å²) in [6, 6.07) is 20.1. The van der Waals surface area contributed by atoms with Gasteiger partial charge in [0.05, 0.1) is 23.8 Å². The average Bonchev–Trinajstić information content (AvgIpc) is 3.20. The minimum Gasteiger partial charge on any atom is -0.497 e. The molecular formula is C22H18Cl2N2O3S. The second kappa shape index (κ2) is 8.30. The average molecular weight is 461 g/mol. The third-order valence-corrected chi connectivity index (χ3v) is 7.19. The third-order valence-electron chi connectivity index (χ3n) is 4.90. The molecule has 0 aromatic heterocycles. The predicted molar refractivity (Wildman–Crippen MR) is 119 cm³/mol. The van der Waals surface area contributed by atoms with E-state index in [1.807, 2.05) is 42.5 Å². The molecule has 0 spiro atoms. The van der Waals surface area contributed by atoms with E-state index in [9.17, 15) is 8.42 Å². The molecule has 0 amide bonds. The number of hydrogen-bond acceptors (Lipinski definition) is 4. The van der Waals surface area contributed by atoms with Crippen LogP contribution >= 0.6 is 23.2 Å². The Morgan fingerprint density at radius 3 is 2.43 bits per heavy atom. The highest BCUT2D eigenvalue weighted by Crippen LogP contribution is 2.40. The summed E-state index contributed by atoms with van der Waals surface area (Å²) in [7, 11) is -2.35. The lowest BCUT2D eigenvalue weighted by Gasteiger charge is -2.24. The highest BCUT2D eigenvalue weighted by molar-refractivity contribution is 7.89. The van der Waals surface area contributed by atoms with Gasteiger partial charge in [-0.3, -0.25) is 0 Å². The first-order chi connectivity index (χ1) is 14.4. The van der Waals surface area contributed by atoms with Crippen molar-refractivity contribution in [1.82, 2.24) is 4.41 Å². The van der Waals surface area contributed by atoms with Crippen molar-refractivity contribution in [1.29, 1.82) is 0 Å². The number of benzene rings is 3. The lowest BCUT2D eigenvalue weighted by Crippen LogP contribution is -2.27. The monoisotopic (exact) mass is 460 g/mol. The summed E-state index contributed by atoms with van der Waals surface area (Å²) in [6.45, 7) is 0. The van der Waals surface area contributed by atoms with Crippen LogP contribution in [0.25, 0.3) is 0 Å². The lowest BCUT2D eigenvalue weighted by atomic mass is 9.99. The Morgan fingerprint density at radius 2 is 1.73 bits per heavy atom. The maximum absolute atomic E-state index is 13.4. The highest BCUT2D eigenvalue weighted by atomic mass is 35.5. The van der Waals surface area contributed by atoms with E-state index >= 15 is 0 Å². The van der Waals surface area contributed by atoms with Gasteiger partial charge in [0.2, 0.25) is 0 Å². The van der Waals surface area contributed by atoms with Gasteiger partial charge in [0.25, 0.3) is 10.0 Å². The quantitative estimate of drug-likeness (QED) is 0.501. The summed E-state index contributed by atoms with van der Waals surface area (Å²) in [5, 5.41) is 5.46. The maximum atomic E-state index is 13.4. The Hall–Kier alpha value is -2.54. The molecular weight excluding hydrogens is 443 g/mol. The van der Waals surface area contributed by atoms with E-state index in [2.05, 4.69) is 5.10 Å². The van der Waals surface area contributed by atoms with Crippen LogP contribution in [0.5, 0.6) is 5.75 Å². The molecule has 1 unspecified atom stereocenters. The zero-order valence-electron chi connectivity index (χ0n) is 16.0. The van der Waals surface area contributed by atoms with Gasteiger partial charge in [0.1, 0.15) is 5.75 Å². The standard InChI is InChI=1S/C22H18Cl2N2O3S/c1-29-17-6-4-5-15(13-17)21-14-22(19-7-2-3-8-20(19)24)26(25-21)30(27,28)18-11-9-16(23)10-12-18/h2-13,22H,14H2,1H3. The van der Waals surface area contributed by atoms with E-state index < -0.39 is 16.1 Å².